The van der Waals surface area contributed by atoms with Gasteiger partial charge in [-0.15, -0.1) is 0 Å². The van der Waals surface area contributed by atoms with Gasteiger partial charge in [0.2, 0.25) is 18.6 Å². The largest absolute Gasteiger partial charge is 0.488 e. The minimum absolute atomic E-state index is 0.0114. The highest BCUT2D eigenvalue weighted by Crippen LogP contribution is 2.33. The summed E-state index contributed by atoms with van der Waals surface area (Å²) in [5.74, 6) is 1.97. The van der Waals surface area contributed by atoms with E-state index >= 15 is 0 Å². The van der Waals surface area contributed by atoms with Crippen LogP contribution in [0.5, 0.6) is 17.2 Å². The molecule has 5 rings (SSSR count). The monoisotopic (exact) mass is 596 g/mol. The van der Waals surface area contributed by atoms with Crippen LogP contribution in [0.15, 0.2) is 36.4 Å². The zero-order chi connectivity index (χ0) is 30.3. The molecule has 0 aliphatic carbocycles. The smallest absolute Gasteiger partial charge is 0.231 e. The maximum atomic E-state index is 13.5. The first-order valence-electron chi connectivity index (χ1n) is 15.2. The van der Waals surface area contributed by atoms with Crippen LogP contribution in [-0.4, -0.2) is 110 Å². The molecule has 3 heterocycles. The van der Waals surface area contributed by atoms with Crippen molar-refractivity contribution in [2.75, 3.05) is 71.7 Å². The van der Waals surface area contributed by atoms with Crippen molar-refractivity contribution in [3.8, 4) is 17.2 Å². The molecule has 1 saturated heterocycles. The highest BCUT2D eigenvalue weighted by atomic mass is 16.7. The Labute approximate surface area is 253 Å². The molecule has 0 aromatic heterocycles. The second-order valence-electron chi connectivity index (χ2n) is 11.8. The Morgan fingerprint density at radius 3 is 2.67 bits per heavy atom. The quantitative estimate of drug-likeness (QED) is 0.427. The van der Waals surface area contributed by atoms with Crippen LogP contribution in [0.4, 0.5) is 5.69 Å². The van der Waals surface area contributed by atoms with Crippen LogP contribution >= 0.6 is 0 Å². The van der Waals surface area contributed by atoms with Crippen molar-refractivity contribution in [1.29, 1.82) is 0 Å². The van der Waals surface area contributed by atoms with Gasteiger partial charge in [0.15, 0.2) is 11.5 Å². The number of aliphatic hydroxyl groups is 1. The minimum Gasteiger partial charge on any atom is -0.488 e. The normalized spacial score (nSPS) is 21.4. The van der Waals surface area contributed by atoms with Crippen molar-refractivity contribution < 1.29 is 33.6 Å². The molecule has 2 N–H and O–H groups in total. The summed E-state index contributed by atoms with van der Waals surface area (Å²) in [6, 6.07) is 11.2. The highest BCUT2D eigenvalue weighted by Gasteiger charge is 2.31. The third-order valence-electron chi connectivity index (χ3n) is 8.34. The lowest BCUT2D eigenvalue weighted by molar-refractivity contribution is -0.134. The SMILES string of the molecule is C[C@@H]1CN([C@H](C)CO)C(=O)Cc2cc(NC(=O)CCN3CCOCC3)ccc2O[C@@H]1CN(C)Cc1ccc2c(c1)OCO2. The number of nitrogens with one attached hydrogen (secondary N) is 1. The molecule has 0 bridgehead atoms. The average Bonchev–Trinajstić information content (AvgIpc) is 3.48. The molecule has 3 atom stereocenters. The van der Waals surface area contributed by atoms with E-state index in [9.17, 15) is 14.7 Å². The van der Waals surface area contributed by atoms with Crippen molar-refractivity contribution in [3.05, 3.63) is 47.5 Å². The number of likely N-dealkylation sites (N-methyl/N-ethyl adjacent to an activating group) is 1. The van der Waals surface area contributed by atoms with E-state index in [1.54, 1.807) is 4.90 Å². The predicted octanol–water partition coefficient (Wildman–Crippen LogP) is 2.36. The molecule has 1 fully saturated rings. The van der Waals surface area contributed by atoms with Gasteiger partial charge in [-0.2, -0.15) is 0 Å². The van der Waals surface area contributed by atoms with E-state index in [-0.39, 0.29) is 49.7 Å². The molecule has 2 amide bonds. The average molecular weight is 597 g/mol. The summed E-state index contributed by atoms with van der Waals surface area (Å²) in [5.41, 5.74) is 2.44. The molecule has 2 aromatic rings. The molecular weight excluding hydrogens is 552 g/mol. The zero-order valence-electron chi connectivity index (χ0n) is 25.4. The number of morpholine rings is 1. The number of hydrogen-bond donors (Lipinski definition) is 2. The van der Waals surface area contributed by atoms with Crippen molar-refractivity contribution in [1.82, 2.24) is 14.7 Å². The van der Waals surface area contributed by atoms with E-state index in [2.05, 4.69) is 22.0 Å². The summed E-state index contributed by atoms with van der Waals surface area (Å²) in [6.45, 7) is 9.54. The Hall–Kier alpha value is -3.38. The number of nitrogens with zero attached hydrogens (tertiary/aromatic N) is 3. The first kappa shape index (κ1) is 31.1. The predicted molar refractivity (Wildman–Crippen MR) is 161 cm³/mol. The summed E-state index contributed by atoms with van der Waals surface area (Å²) in [5, 5.41) is 12.9. The maximum Gasteiger partial charge on any atom is 0.231 e. The molecule has 0 unspecified atom stereocenters. The summed E-state index contributed by atoms with van der Waals surface area (Å²) in [6.07, 6.45) is 0.263. The van der Waals surface area contributed by atoms with Crippen LogP contribution in [0.2, 0.25) is 0 Å². The van der Waals surface area contributed by atoms with Crippen LogP contribution in [0.3, 0.4) is 0 Å². The number of carbonyl (C=O) groups excluding carboxylic acids is 2. The minimum atomic E-state index is -0.327. The fourth-order valence-electron chi connectivity index (χ4n) is 5.76. The van der Waals surface area contributed by atoms with Gasteiger partial charge in [-0.05, 0) is 49.9 Å². The maximum absolute atomic E-state index is 13.5. The van der Waals surface area contributed by atoms with Gasteiger partial charge in [0, 0.05) is 62.9 Å². The summed E-state index contributed by atoms with van der Waals surface area (Å²) >= 11 is 0. The molecule has 0 spiro atoms. The van der Waals surface area contributed by atoms with Gasteiger partial charge < -0.3 is 34.3 Å². The number of carbonyl (C=O) groups is 2. The van der Waals surface area contributed by atoms with Crippen LogP contribution < -0.4 is 19.5 Å². The lowest BCUT2D eigenvalue weighted by Crippen LogP contribution is -2.47. The van der Waals surface area contributed by atoms with Gasteiger partial charge in [-0.1, -0.05) is 13.0 Å². The number of fused-ring (bicyclic) bond motifs is 2. The Morgan fingerprint density at radius 1 is 1.12 bits per heavy atom. The summed E-state index contributed by atoms with van der Waals surface area (Å²) in [4.78, 5) is 32.4. The first-order valence-corrected chi connectivity index (χ1v) is 15.2. The molecule has 2 aromatic carbocycles. The zero-order valence-corrected chi connectivity index (χ0v) is 25.4. The number of hydrogen-bond acceptors (Lipinski definition) is 9. The number of amides is 2. The van der Waals surface area contributed by atoms with E-state index < -0.39 is 0 Å². The van der Waals surface area contributed by atoms with Crippen molar-refractivity contribution in [3.63, 3.8) is 0 Å². The van der Waals surface area contributed by atoms with Gasteiger partial charge in [0.05, 0.1) is 32.3 Å². The molecule has 234 valence electrons. The molecule has 0 saturated carbocycles. The number of ether oxygens (including phenoxy) is 4. The topological polar surface area (TPSA) is 113 Å². The van der Waals surface area contributed by atoms with E-state index in [1.807, 2.05) is 50.4 Å². The van der Waals surface area contributed by atoms with E-state index in [0.29, 0.717) is 62.8 Å². The van der Waals surface area contributed by atoms with Crippen LogP contribution in [0.25, 0.3) is 0 Å². The Balaban J connectivity index is 1.30. The van der Waals surface area contributed by atoms with Crippen LogP contribution in [0.1, 0.15) is 31.4 Å². The Morgan fingerprint density at radius 2 is 1.88 bits per heavy atom. The molecule has 0 radical (unpaired) electrons. The summed E-state index contributed by atoms with van der Waals surface area (Å²) < 4.78 is 23.0. The van der Waals surface area contributed by atoms with E-state index in [0.717, 1.165) is 30.2 Å². The fraction of sp³-hybridized carbons (Fsp3) is 0.562. The van der Waals surface area contributed by atoms with Crippen LogP contribution in [0, 0.1) is 5.92 Å². The van der Waals surface area contributed by atoms with Crippen molar-refractivity contribution in [2.45, 2.75) is 45.4 Å². The van der Waals surface area contributed by atoms with Crippen LogP contribution in [-0.2, 0) is 27.3 Å². The van der Waals surface area contributed by atoms with Crippen molar-refractivity contribution >= 4 is 17.5 Å². The second kappa shape index (κ2) is 14.4. The van der Waals surface area contributed by atoms with E-state index in [4.69, 9.17) is 18.9 Å². The highest BCUT2D eigenvalue weighted by molar-refractivity contribution is 5.91. The second-order valence-corrected chi connectivity index (χ2v) is 11.8. The number of anilines is 1. The number of rotatable bonds is 10. The molecule has 43 heavy (non-hydrogen) atoms. The molecule has 11 heteroatoms. The van der Waals surface area contributed by atoms with Gasteiger partial charge in [-0.25, -0.2) is 0 Å². The molecule has 3 aliphatic rings. The van der Waals surface area contributed by atoms with Gasteiger partial charge in [0.1, 0.15) is 11.9 Å². The third-order valence-corrected chi connectivity index (χ3v) is 8.34. The number of benzene rings is 2. The fourth-order valence-corrected chi connectivity index (χ4v) is 5.76. The van der Waals surface area contributed by atoms with Gasteiger partial charge >= 0.3 is 0 Å². The lowest BCUT2D eigenvalue weighted by atomic mass is 10.0. The van der Waals surface area contributed by atoms with E-state index in [1.165, 1.54) is 0 Å². The molecular formula is C32H44N4O7. The Kier molecular flexibility index (Phi) is 10.4. The Bertz CT molecular complexity index is 1270. The molecule has 11 nitrogen and oxygen atoms in total. The third kappa shape index (κ3) is 8.17. The summed E-state index contributed by atoms with van der Waals surface area (Å²) in [7, 11) is 2.04. The van der Waals surface area contributed by atoms with Gasteiger partial charge in [-0.3, -0.25) is 19.4 Å². The van der Waals surface area contributed by atoms with Crippen molar-refractivity contribution in [2.24, 2.45) is 5.92 Å². The lowest BCUT2D eigenvalue weighted by Gasteiger charge is -2.34. The number of aliphatic hydroxyl groups excluding tert-OH is 1. The first-order chi connectivity index (χ1) is 20.8. The standard InChI is InChI=1S/C32H44N4O7/c1-22-17-36(23(2)20-37)32(39)16-25-15-26(33-31(38)8-9-35-10-12-40-13-11-35)5-7-27(25)43-30(22)19-34(3)18-24-4-6-28-29(14-24)42-21-41-28/h4-7,14-15,22-23,30,37H,8-13,16-21H2,1-3H3,(H,33,38)/t22-,23-,30-/m1/s1. The molecule has 3 aliphatic heterocycles. The van der Waals surface area contributed by atoms with Gasteiger partial charge in [0.25, 0.3) is 0 Å².